The van der Waals surface area contributed by atoms with E-state index >= 15 is 0 Å². The van der Waals surface area contributed by atoms with E-state index in [1.807, 2.05) is 56.3 Å². The molecule has 0 spiro atoms. The summed E-state index contributed by atoms with van der Waals surface area (Å²) in [5, 5.41) is 9.26. The lowest BCUT2D eigenvalue weighted by atomic mass is 10.00. The fraction of sp³-hybridized carbons (Fsp3) is 0.148. The van der Waals surface area contributed by atoms with Gasteiger partial charge in [0.2, 0.25) is 11.8 Å². The van der Waals surface area contributed by atoms with Crippen LogP contribution in [-0.2, 0) is 10.0 Å². The number of halogens is 1. The lowest BCUT2D eigenvalue weighted by Crippen LogP contribution is -2.20. The summed E-state index contributed by atoms with van der Waals surface area (Å²) in [5.41, 5.74) is 9.78. The fourth-order valence-corrected chi connectivity index (χ4v) is 5.18. The molecule has 0 bridgehead atoms. The third kappa shape index (κ3) is 6.18. The minimum Gasteiger partial charge on any atom is -0.478 e. The van der Waals surface area contributed by atoms with Crippen LogP contribution in [0, 0.1) is 13.8 Å². The SMILES string of the molecule is Cc1cccc(C)c1-c1cc(OC(CN)c2ccc(Br)cc2)nc(NS(=O)(=O)c2cccc(C(=O)O)c2)n1. The number of nitrogens with one attached hydrogen (secondary N) is 1. The Kier molecular flexibility index (Phi) is 8.10. The molecule has 196 valence electrons. The van der Waals surface area contributed by atoms with E-state index in [0.29, 0.717) is 5.69 Å². The van der Waals surface area contributed by atoms with Crippen LogP contribution in [0.25, 0.3) is 11.3 Å². The molecule has 4 aromatic rings. The van der Waals surface area contributed by atoms with Crippen LogP contribution < -0.4 is 15.2 Å². The number of aryl methyl sites for hydroxylation is 2. The molecule has 9 nitrogen and oxygen atoms in total. The van der Waals surface area contributed by atoms with Gasteiger partial charge in [0.15, 0.2) is 0 Å². The van der Waals surface area contributed by atoms with E-state index < -0.39 is 22.1 Å². The lowest BCUT2D eigenvalue weighted by Gasteiger charge is -2.19. The number of benzene rings is 3. The van der Waals surface area contributed by atoms with Crippen LogP contribution in [0.1, 0.15) is 33.2 Å². The summed E-state index contributed by atoms with van der Waals surface area (Å²) in [7, 11) is -4.22. The van der Waals surface area contributed by atoms with Gasteiger partial charge in [-0.15, -0.1) is 0 Å². The molecular formula is C27H25BrN4O5S. The minimum atomic E-state index is -4.22. The zero-order chi connectivity index (χ0) is 27.4. The Morgan fingerprint density at radius 1 is 1.03 bits per heavy atom. The molecule has 0 radical (unpaired) electrons. The molecule has 38 heavy (non-hydrogen) atoms. The Hall–Kier alpha value is -3.80. The first-order chi connectivity index (χ1) is 18.1. The smallest absolute Gasteiger partial charge is 0.335 e. The molecule has 4 N–H and O–H groups in total. The van der Waals surface area contributed by atoms with Gasteiger partial charge in [-0.3, -0.25) is 0 Å². The summed E-state index contributed by atoms with van der Waals surface area (Å²) in [6.45, 7) is 4.00. The van der Waals surface area contributed by atoms with Gasteiger partial charge < -0.3 is 15.6 Å². The molecule has 0 fully saturated rings. The van der Waals surface area contributed by atoms with Gasteiger partial charge in [0, 0.05) is 22.6 Å². The molecule has 1 heterocycles. The van der Waals surface area contributed by atoms with Crippen molar-refractivity contribution in [3.63, 3.8) is 0 Å². The van der Waals surface area contributed by atoms with Gasteiger partial charge in [-0.1, -0.05) is 52.3 Å². The second-order valence-corrected chi connectivity index (χ2v) is 11.1. The van der Waals surface area contributed by atoms with Crippen molar-refractivity contribution in [1.82, 2.24) is 9.97 Å². The van der Waals surface area contributed by atoms with Crippen LogP contribution in [0.5, 0.6) is 5.88 Å². The number of nitrogens with two attached hydrogens (primary N) is 1. The first-order valence-corrected chi connectivity index (χ1v) is 13.8. The van der Waals surface area contributed by atoms with Gasteiger partial charge in [0.25, 0.3) is 10.0 Å². The summed E-state index contributed by atoms with van der Waals surface area (Å²) in [4.78, 5) is 19.9. The lowest BCUT2D eigenvalue weighted by molar-refractivity contribution is 0.0696. The molecule has 1 aromatic heterocycles. The largest absolute Gasteiger partial charge is 0.478 e. The Labute approximate surface area is 228 Å². The number of aromatic nitrogens is 2. The van der Waals surface area contributed by atoms with Crippen LogP contribution in [0.2, 0.25) is 0 Å². The van der Waals surface area contributed by atoms with Crippen LogP contribution in [-0.4, -0.2) is 36.0 Å². The maximum Gasteiger partial charge on any atom is 0.335 e. The minimum absolute atomic E-state index is 0.119. The summed E-state index contributed by atoms with van der Waals surface area (Å²) < 4.78 is 35.7. The Balaban J connectivity index is 1.78. The van der Waals surface area contributed by atoms with Crippen molar-refractivity contribution in [1.29, 1.82) is 0 Å². The second-order valence-electron chi connectivity index (χ2n) is 8.51. The van der Waals surface area contributed by atoms with E-state index in [4.69, 9.17) is 10.5 Å². The zero-order valence-corrected chi connectivity index (χ0v) is 23.0. The molecule has 4 rings (SSSR count). The molecule has 0 saturated carbocycles. The highest BCUT2D eigenvalue weighted by Gasteiger charge is 2.21. The maximum atomic E-state index is 13.2. The highest BCUT2D eigenvalue weighted by Crippen LogP contribution is 2.31. The summed E-state index contributed by atoms with van der Waals surface area (Å²) in [6.07, 6.45) is -0.555. The second kappa shape index (κ2) is 11.3. The molecule has 3 aromatic carbocycles. The van der Waals surface area contributed by atoms with Crippen LogP contribution in [0.4, 0.5) is 5.95 Å². The number of sulfonamides is 1. The van der Waals surface area contributed by atoms with Crippen LogP contribution in [0.15, 0.2) is 82.2 Å². The average molecular weight is 597 g/mol. The molecule has 1 unspecified atom stereocenters. The normalized spacial score (nSPS) is 12.1. The summed E-state index contributed by atoms with van der Waals surface area (Å²) in [5.74, 6) is -1.35. The zero-order valence-electron chi connectivity index (χ0n) is 20.6. The van der Waals surface area contributed by atoms with Gasteiger partial charge in [-0.05, 0) is 60.9 Å². The molecule has 11 heteroatoms. The number of nitrogens with zero attached hydrogens (tertiary/aromatic N) is 2. The van der Waals surface area contributed by atoms with E-state index in [9.17, 15) is 18.3 Å². The number of ether oxygens (including phenoxy) is 1. The van der Waals surface area contributed by atoms with Crippen molar-refractivity contribution in [2.45, 2.75) is 24.8 Å². The fourth-order valence-electron chi connectivity index (χ4n) is 3.93. The molecule has 0 aliphatic carbocycles. The number of hydrogen-bond acceptors (Lipinski definition) is 7. The third-order valence-electron chi connectivity index (χ3n) is 5.78. The maximum absolute atomic E-state index is 13.2. The Morgan fingerprint density at radius 2 is 1.68 bits per heavy atom. The third-order valence-corrected chi connectivity index (χ3v) is 7.63. The Morgan fingerprint density at radius 3 is 2.32 bits per heavy atom. The predicted octanol–water partition coefficient (Wildman–Crippen LogP) is 5.10. The van der Waals surface area contributed by atoms with Crippen molar-refractivity contribution in [3.8, 4) is 17.1 Å². The standard InChI is InChI=1S/C27H25BrN4O5S/c1-16-5-3-6-17(2)25(16)22-14-24(37-23(15-29)18-9-11-20(28)12-10-18)31-27(30-22)32-38(35,36)21-8-4-7-19(13-21)26(33)34/h3-14,23H,15,29H2,1-2H3,(H,33,34)(H,30,31,32). The van der Waals surface area contributed by atoms with Gasteiger partial charge in [-0.2, -0.15) is 4.98 Å². The van der Waals surface area contributed by atoms with Crippen molar-refractivity contribution in [2.24, 2.45) is 5.73 Å². The van der Waals surface area contributed by atoms with E-state index in [1.165, 1.54) is 18.2 Å². The van der Waals surface area contributed by atoms with Gasteiger partial charge in [0.1, 0.15) is 6.10 Å². The summed E-state index contributed by atoms with van der Waals surface area (Å²) in [6, 6.07) is 19.9. The molecule has 0 amide bonds. The number of rotatable bonds is 9. The molecular weight excluding hydrogens is 572 g/mol. The monoisotopic (exact) mass is 596 g/mol. The number of aromatic carboxylic acids is 1. The first kappa shape index (κ1) is 27.2. The Bertz CT molecular complexity index is 1570. The van der Waals surface area contributed by atoms with Gasteiger partial charge in [-0.25, -0.2) is 22.9 Å². The number of carbonyl (C=O) groups is 1. The predicted molar refractivity (Wildman–Crippen MR) is 148 cm³/mol. The van der Waals surface area contributed by atoms with Crippen molar-refractivity contribution < 1.29 is 23.1 Å². The highest BCUT2D eigenvalue weighted by molar-refractivity contribution is 9.10. The number of carboxylic acids is 1. The number of anilines is 1. The number of hydrogen-bond donors (Lipinski definition) is 3. The van der Waals surface area contributed by atoms with E-state index in [-0.39, 0.29) is 28.8 Å². The van der Waals surface area contributed by atoms with Crippen molar-refractivity contribution in [3.05, 3.63) is 99.5 Å². The van der Waals surface area contributed by atoms with Gasteiger partial charge >= 0.3 is 5.97 Å². The molecule has 0 aliphatic heterocycles. The molecule has 1 atom stereocenters. The molecule has 0 aliphatic rings. The highest BCUT2D eigenvalue weighted by atomic mass is 79.9. The van der Waals surface area contributed by atoms with Gasteiger partial charge in [0.05, 0.1) is 16.2 Å². The van der Waals surface area contributed by atoms with Crippen LogP contribution >= 0.6 is 15.9 Å². The average Bonchev–Trinajstić information content (AvgIpc) is 2.87. The van der Waals surface area contributed by atoms with E-state index in [2.05, 4.69) is 30.6 Å². The quantitative estimate of drug-likeness (QED) is 0.242. The summed E-state index contributed by atoms with van der Waals surface area (Å²) >= 11 is 3.41. The van der Waals surface area contributed by atoms with Crippen molar-refractivity contribution >= 4 is 37.9 Å². The number of carboxylic acid groups (broad SMARTS) is 1. The van der Waals surface area contributed by atoms with E-state index in [0.717, 1.165) is 32.8 Å². The van der Waals surface area contributed by atoms with E-state index in [1.54, 1.807) is 6.07 Å². The van der Waals surface area contributed by atoms with Crippen molar-refractivity contribution in [2.75, 3.05) is 11.3 Å². The molecule has 0 saturated heterocycles. The first-order valence-electron chi connectivity index (χ1n) is 11.5. The topological polar surface area (TPSA) is 144 Å². The van der Waals surface area contributed by atoms with Crippen LogP contribution in [0.3, 0.4) is 0 Å².